The van der Waals surface area contributed by atoms with Crippen molar-refractivity contribution in [3.63, 3.8) is 0 Å². The molecular weight excluding hydrogens is 268 g/mol. The van der Waals surface area contributed by atoms with Gasteiger partial charge in [-0.3, -0.25) is 0 Å². The van der Waals surface area contributed by atoms with E-state index in [1.165, 1.54) is 6.20 Å². The molecule has 0 saturated carbocycles. The molecule has 1 saturated heterocycles. The van der Waals surface area contributed by atoms with E-state index in [4.69, 9.17) is 16.3 Å². The normalized spacial score (nSPS) is 16.5. The second kappa shape index (κ2) is 6.16. The summed E-state index contributed by atoms with van der Waals surface area (Å²) < 4.78 is 4.88. The minimum absolute atomic E-state index is 0.141. The van der Waals surface area contributed by atoms with Crippen LogP contribution < -0.4 is 4.90 Å². The molecule has 1 aromatic rings. The average molecular weight is 285 g/mol. The Hall–Kier alpha value is -1.40. The van der Waals surface area contributed by atoms with Crippen LogP contribution in [-0.2, 0) is 4.74 Å². The third-order valence-corrected chi connectivity index (χ3v) is 3.30. The van der Waals surface area contributed by atoms with Crippen LogP contribution in [0.2, 0.25) is 5.15 Å². The van der Waals surface area contributed by atoms with E-state index < -0.39 is 5.97 Å². The molecule has 19 heavy (non-hydrogen) atoms. The van der Waals surface area contributed by atoms with Gasteiger partial charge in [0.1, 0.15) is 10.7 Å². The number of esters is 1. The third kappa shape index (κ3) is 3.33. The molecule has 0 atom stereocenters. The van der Waals surface area contributed by atoms with E-state index in [0.29, 0.717) is 12.6 Å². The van der Waals surface area contributed by atoms with Crippen molar-refractivity contribution in [3.8, 4) is 0 Å². The monoisotopic (exact) mass is 284 g/mol. The molecule has 1 aliphatic heterocycles. The van der Waals surface area contributed by atoms with E-state index in [1.54, 1.807) is 6.92 Å². The molecule has 7 heteroatoms. The number of halogens is 1. The van der Waals surface area contributed by atoms with E-state index >= 15 is 0 Å². The van der Waals surface area contributed by atoms with E-state index in [0.717, 1.165) is 26.2 Å². The van der Waals surface area contributed by atoms with Crippen LogP contribution >= 0.6 is 11.6 Å². The Morgan fingerprint density at radius 3 is 2.68 bits per heavy atom. The molecular formula is C12H17ClN4O2. The predicted octanol–water partition coefficient (Wildman–Crippen LogP) is 1.06. The largest absolute Gasteiger partial charge is 0.462 e. The van der Waals surface area contributed by atoms with Gasteiger partial charge in [0.2, 0.25) is 5.95 Å². The molecule has 0 aliphatic carbocycles. The summed E-state index contributed by atoms with van der Waals surface area (Å²) in [6, 6.07) is 0. The van der Waals surface area contributed by atoms with Gasteiger partial charge in [-0.1, -0.05) is 11.6 Å². The summed E-state index contributed by atoms with van der Waals surface area (Å²) in [5.74, 6) is 0.0728. The zero-order chi connectivity index (χ0) is 13.8. The number of nitrogens with zero attached hydrogens (tertiary/aromatic N) is 4. The first kappa shape index (κ1) is 14.0. The van der Waals surface area contributed by atoms with Crippen molar-refractivity contribution >= 4 is 23.5 Å². The highest BCUT2D eigenvalue weighted by atomic mass is 35.5. The lowest BCUT2D eigenvalue weighted by Crippen LogP contribution is -2.45. The zero-order valence-electron chi connectivity index (χ0n) is 11.1. The number of aromatic nitrogens is 2. The maximum atomic E-state index is 11.6. The summed E-state index contributed by atoms with van der Waals surface area (Å²) in [6.45, 7) is 5.67. The van der Waals surface area contributed by atoms with E-state index in [-0.39, 0.29) is 10.7 Å². The topological polar surface area (TPSA) is 58.6 Å². The molecule has 2 heterocycles. The highest BCUT2D eigenvalue weighted by molar-refractivity contribution is 6.32. The van der Waals surface area contributed by atoms with Crippen molar-refractivity contribution in [1.82, 2.24) is 14.9 Å². The molecule has 2 rings (SSSR count). The van der Waals surface area contributed by atoms with Gasteiger partial charge in [0, 0.05) is 32.4 Å². The maximum absolute atomic E-state index is 11.6. The Morgan fingerprint density at radius 2 is 2.11 bits per heavy atom. The number of hydrogen-bond acceptors (Lipinski definition) is 6. The van der Waals surface area contributed by atoms with Gasteiger partial charge in [0.15, 0.2) is 0 Å². The Kier molecular flexibility index (Phi) is 4.55. The number of carbonyl (C=O) groups excluding carboxylic acids is 1. The van der Waals surface area contributed by atoms with Crippen LogP contribution in [0.3, 0.4) is 0 Å². The molecule has 104 valence electrons. The second-order valence-electron chi connectivity index (χ2n) is 4.39. The molecule has 1 aliphatic rings. The lowest BCUT2D eigenvalue weighted by molar-refractivity contribution is 0.0525. The maximum Gasteiger partial charge on any atom is 0.342 e. The van der Waals surface area contributed by atoms with E-state index in [2.05, 4.69) is 26.8 Å². The molecule has 1 fully saturated rings. The van der Waals surface area contributed by atoms with Gasteiger partial charge in [0.25, 0.3) is 0 Å². The summed E-state index contributed by atoms with van der Waals surface area (Å²) in [6.07, 6.45) is 1.43. The number of hydrogen-bond donors (Lipinski definition) is 0. The lowest BCUT2D eigenvalue weighted by Gasteiger charge is -2.32. The first-order valence-corrected chi connectivity index (χ1v) is 6.62. The predicted molar refractivity (Wildman–Crippen MR) is 72.7 cm³/mol. The fraction of sp³-hybridized carbons (Fsp3) is 0.583. The molecule has 0 radical (unpaired) electrons. The van der Waals surface area contributed by atoms with Crippen LogP contribution in [0.1, 0.15) is 17.3 Å². The smallest absolute Gasteiger partial charge is 0.342 e. The number of rotatable bonds is 3. The van der Waals surface area contributed by atoms with Crippen molar-refractivity contribution in [2.45, 2.75) is 6.92 Å². The number of likely N-dealkylation sites (N-methyl/N-ethyl adjacent to an activating group) is 1. The van der Waals surface area contributed by atoms with E-state index in [9.17, 15) is 4.79 Å². The lowest BCUT2D eigenvalue weighted by atomic mass is 10.3. The standard InChI is InChI=1S/C12H17ClN4O2/c1-3-19-11(18)9-8-14-12(15-10(9)13)17-6-4-16(2)5-7-17/h8H,3-7H2,1-2H3. The molecule has 0 N–H and O–H groups in total. The quantitative estimate of drug-likeness (QED) is 0.611. The fourth-order valence-electron chi connectivity index (χ4n) is 1.86. The summed E-state index contributed by atoms with van der Waals surface area (Å²) in [4.78, 5) is 24.3. The summed E-state index contributed by atoms with van der Waals surface area (Å²) in [5, 5.41) is 0.141. The first-order chi connectivity index (χ1) is 9.11. The van der Waals surface area contributed by atoms with Crippen molar-refractivity contribution in [3.05, 3.63) is 16.9 Å². The Morgan fingerprint density at radius 1 is 1.42 bits per heavy atom. The van der Waals surface area contributed by atoms with Crippen molar-refractivity contribution in [2.75, 3.05) is 44.7 Å². The van der Waals surface area contributed by atoms with Crippen LogP contribution in [-0.4, -0.2) is 60.7 Å². The van der Waals surface area contributed by atoms with Crippen LogP contribution in [0, 0.1) is 0 Å². The molecule has 1 aromatic heterocycles. The zero-order valence-corrected chi connectivity index (χ0v) is 11.9. The number of carbonyl (C=O) groups is 1. The van der Waals surface area contributed by atoms with Crippen LogP contribution in [0.4, 0.5) is 5.95 Å². The fourth-order valence-corrected chi connectivity index (χ4v) is 2.06. The average Bonchev–Trinajstić information content (AvgIpc) is 2.39. The van der Waals surface area contributed by atoms with Gasteiger partial charge in [-0.15, -0.1) is 0 Å². The molecule has 0 amide bonds. The molecule has 0 spiro atoms. The number of piperazine rings is 1. The number of anilines is 1. The first-order valence-electron chi connectivity index (χ1n) is 6.25. The molecule has 0 bridgehead atoms. The van der Waals surface area contributed by atoms with Gasteiger partial charge in [-0.05, 0) is 14.0 Å². The van der Waals surface area contributed by atoms with Gasteiger partial charge in [-0.25, -0.2) is 14.8 Å². The van der Waals surface area contributed by atoms with Crippen LogP contribution in [0.5, 0.6) is 0 Å². The van der Waals surface area contributed by atoms with Crippen molar-refractivity contribution in [2.24, 2.45) is 0 Å². The van der Waals surface area contributed by atoms with E-state index in [1.807, 2.05) is 0 Å². The highest BCUT2D eigenvalue weighted by Crippen LogP contribution is 2.18. The molecule has 0 unspecified atom stereocenters. The van der Waals surface area contributed by atoms with Gasteiger partial charge in [0.05, 0.1) is 6.61 Å². The second-order valence-corrected chi connectivity index (χ2v) is 4.74. The Bertz CT molecular complexity index is 461. The SMILES string of the molecule is CCOC(=O)c1cnc(N2CCN(C)CC2)nc1Cl. The highest BCUT2D eigenvalue weighted by Gasteiger charge is 2.19. The third-order valence-electron chi connectivity index (χ3n) is 3.01. The van der Waals surface area contributed by atoms with Crippen LogP contribution in [0.25, 0.3) is 0 Å². The van der Waals surface area contributed by atoms with Crippen molar-refractivity contribution < 1.29 is 9.53 Å². The van der Waals surface area contributed by atoms with Gasteiger partial charge >= 0.3 is 5.97 Å². The van der Waals surface area contributed by atoms with Gasteiger partial charge in [-0.2, -0.15) is 0 Å². The summed E-state index contributed by atoms with van der Waals surface area (Å²) in [7, 11) is 2.08. The molecule has 6 nitrogen and oxygen atoms in total. The van der Waals surface area contributed by atoms with Gasteiger partial charge < -0.3 is 14.5 Å². The minimum Gasteiger partial charge on any atom is -0.462 e. The summed E-state index contributed by atoms with van der Waals surface area (Å²) >= 11 is 6.02. The minimum atomic E-state index is -0.488. The molecule has 0 aromatic carbocycles. The van der Waals surface area contributed by atoms with Crippen LogP contribution in [0.15, 0.2) is 6.20 Å². The number of ether oxygens (including phenoxy) is 1. The summed E-state index contributed by atoms with van der Waals surface area (Å²) in [5.41, 5.74) is 0.210. The Balaban J connectivity index is 2.12. The Labute approximate surface area is 117 Å². The van der Waals surface area contributed by atoms with Crippen molar-refractivity contribution in [1.29, 1.82) is 0 Å².